The summed E-state index contributed by atoms with van der Waals surface area (Å²) in [7, 11) is -1.32. The smallest absolute Gasteiger partial charge is 0.0622 e. The molecule has 211 valence electrons. The van der Waals surface area contributed by atoms with E-state index in [2.05, 4.69) is 189 Å². The minimum atomic E-state index is -0.877. The van der Waals surface area contributed by atoms with E-state index >= 15 is 0 Å². The second-order valence-corrected chi connectivity index (χ2v) is 13.5. The number of halogens is 1. The first kappa shape index (κ1) is 35.2. The molecule has 0 spiro atoms. The van der Waals surface area contributed by atoms with Gasteiger partial charge < -0.3 is 17.0 Å². The number of hydrogen-bond acceptors (Lipinski definition) is 0. The van der Waals surface area contributed by atoms with Gasteiger partial charge in [-0.3, -0.25) is 0 Å². The monoisotopic (exact) mass is 825 g/mol. The van der Waals surface area contributed by atoms with Crippen LogP contribution in [0.15, 0.2) is 182 Å². The van der Waals surface area contributed by atoms with Gasteiger partial charge in [0.2, 0.25) is 0 Å². The summed E-state index contributed by atoms with van der Waals surface area (Å²) in [5.74, 6) is 0. The largest absolute Gasteiger partial charge is 0.102 e. The zero-order valence-electron chi connectivity index (χ0n) is 22.9. The van der Waals surface area contributed by atoms with E-state index in [1.54, 1.807) is 0 Å². The van der Waals surface area contributed by atoms with Crippen LogP contribution in [0.5, 0.6) is 0 Å². The maximum absolute atomic E-state index is 7.50. The predicted octanol–water partition coefficient (Wildman–Crippen LogP) is 3.59. The molecule has 6 aromatic carbocycles. The third kappa shape index (κ3) is 10.1. The summed E-state index contributed by atoms with van der Waals surface area (Å²) in [4.78, 5) is 0. The standard InChI is InChI=1S/2C18H15P.CO.BrH.Ir/c2*1-4-10-16(11-5-1)19(17-12-6-2-7-13-17)18-14-8-3-9-15-18;1-2;;/h2*1-15H;;1H;. The molecule has 1 radical (unpaired) electrons. The first-order valence-corrected chi connectivity index (χ1v) is 15.9. The van der Waals surface area contributed by atoms with Gasteiger partial charge in [-0.15, -0.1) is 0 Å². The third-order valence-corrected chi connectivity index (χ3v) is 11.4. The molecule has 6 rings (SSSR count). The minimum Gasteiger partial charge on any atom is -0.0622 e. The Balaban J connectivity index is 0.000000265. The molecule has 0 bridgehead atoms. The van der Waals surface area contributed by atoms with Crippen molar-refractivity contribution < 1.29 is 41.7 Å². The number of rotatable bonds is 6. The first-order chi connectivity index (χ1) is 19.9. The van der Waals surface area contributed by atoms with E-state index in [9.17, 15) is 0 Å². The Morgan fingerprint density at radius 2 is 0.548 bits per heavy atom. The topological polar surface area (TPSA) is 19.9 Å². The van der Waals surface area contributed by atoms with Crippen molar-refractivity contribution in [2.24, 2.45) is 0 Å². The van der Waals surface area contributed by atoms with Crippen molar-refractivity contribution in [3.8, 4) is 0 Å². The van der Waals surface area contributed by atoms with Crippen LogP contribution in [0.2, 0.25) is 0 Å². The normalized spacial score (nSPS) is 9.62. The van der Waals surface area contributed by atoms with E-state index < -0.39 is 15.8 Å². The van der Waals surface area contributed by atoms with Gasteiger partial charge >= 0.3 is 11.3 Å². The van der Waals surface area contributed by atoms with Crippen molar-refractivity contribution in [2.45, 2.75) is 0 Å². The van der Waals surface area contributed by atoms with E-state index in [4.69, 9.17) is 4.65 Å². The summed E-state index contributed by atoms with van der Waals surface area (Å²) < 4.78 is 7.50. The van der Waals surface area contributed by atoms with Gasteiger partial charge in [0, 0.05) is 20.1 Å². The van der Waals surface area contributed by atoms with E-state index in [1.165, 1.54) is 31.8 Å². The maximum Gasteiger partial charge on any atom is 0.102 e. The molecule has 0 fully saturated rings. The molecule has 0 atom stereocenters. The molecule has 5 heteroatoms. The fourth-order valence-electron chi connectivity index (χ4n) is 4.49. The van der Waals surface area contributed by atoms with Gasteiger partial charge in [0.1, 0.15) is 15.9 Å². The van der Waals surface area contributed by atoms with Crippen LogP contribution in [0.3, 0.4) is 0 Å². The molecule has 42 heavy (non-hydrogen) atoms. The van der Waals surface area contributed by atoms with Gasteiger partial charge in [-0.2, -0.15) is 0 Å². The number of hydrogen-bond donors (Lipinski definition) is 0. The van der Waals surface area contributed by atoms with E-state index in [0.29, 0.717) is 0 Å². The maximum atomic E-state index is 7.50. The molecular weight excluding hydrogens is 794 g/mol. The summed E-state index contributed by atoms with van der Waals surface area (Å²) in [6.45, 7) is 4.50. The molecule has 0 saturated carbocycles. The van der Waals surface area contributed by atoms with Crippen molar-refractivity contribution in [1.29, 1.82) is 0 Å². The Morgan fingerprint density at radius 1 is 0.357 bits per heavy atom. The molecule has 0 aliphatic carbocycles. The van der Waals surface area contributed by atoms with Gasteiger partial charge in [0.15, 0.2) is 0 Å². The van der Waals surface area contributed by atoms with Crippen LogP contribution in [0.25, 0.3) is 0 Å². The average molecular weight is 826 g/mol. The molecule has 0 saturated heterocycles. The van der Waals surface area contributed by atoms with E-state index in [-0.39, 0.29) is 37.1 Å². The minimum absolute atomic E-state index is 0. The fraction of sp³-hybridized carbons (Fsp3) is 0. The third-order valence-electron chi connectivity index (χ3n) is 6.23. The van der Waals surface area contributed by atoms with E-state index in [0.717, 1.165) is 0 Å². The van der Waals surface area contributed by atoms with Crippen LogP contribution >= 0.6 is 15.8 Å². The number of benzene rings is 6. The zero-order valence-corrected chi connectivity index (χ0v) is 28.8. The van der Waals surface area contributed by atoms with Crippen molar-refractivity contribution in [1.82, 2.24) is 0 Å². The van der Waals surface area contributed by atoms with Crippen molar-refractivity contribution in [3.05, 3.63) is 189 Å². The van der Waals surface area contributed by atoms with Gasteiger partial charge in [-0.25, -0.2) is 0 Å². The molecular formula is C37H31BrIrOP2. The molecule has 1 nitrogen and oxygen atoms in total. The Hall–Kier alpha value is -2.95. The van der Waals surface area contributed by atoms with Gasteiger partial charge in [0.05, 0.1) is 7.92 Å². The van der Waals surface area contributed by atoms with Crippen LogP contribution in [0.4, 0.5) is 0 Å². The summed E-state index contributed by atoms with van der Waals surface area (Å²) in [5.41, 5.74) is 0. The second kappa shape index (κ2) is 20.0. The summed E-state index contributed by atoms with van der Waals surface area (Å²) in [5, 5.41) is 8.50. The zero-order chi connectivity index (χ0) is 27.8. The summed E-state index contributed by atoms with van der Waals surface area (Å²) >= 11 is 0. The molecule has 0 unspecified atom stereocenters. The van der Waals surface area contributed by atoms with Crippen LogP contribution in [-0.2, 0) is 24.8 Å². The Labute approximate surface area is 276 Å². The Morgan fingerprint density at radius 3 is 0.762 bits per heavy atom. The van der Waals surface area contributed by atoms with Crippen LogP contribution < -0.4 is 48.8 Å². The van der Waals surface area contributed by atoms with Crippen molar-refractivity contribution >= 4 is 47.7 Å². The quantitative estimate of drug-likeness (QED) is 0.139. The molecule has 0 N–H and O–H groups in total. The SMILES string of the molecule is [Br-].[C-]#[O+].[Ir].c1ccc(P(c2ccccc2)c2ccccc2)cc1.c1ccc([PH+](c2ccccc2)c2ccccc2)cc1. The molecule has 6 aromatic rings. The Bertz CT molecular complexity index is 1230. The van der Waals surface area contributed by atoms with E-state index in [1.807, 2.05) is 0 Å². The molecule has 0 amide bonds. The van der Waals surface area contributed by atoms with Gasteiger partial charge in [-0.05, 0) is 60.2 Å². The van der Waals surface area contributed by atoms with Crippen molar-refractivity contribution in [2.75, 3.05) is 0 Å². The van der Waals surface area contributed by atoms with Crippen LogP contribution in [0, 0.1) is 6.65 Å². The second-order valence-electron chi connectivity index (χ2n) is 8.82. The summed E-state index contributed by atoms with van der Waals surface area (Å²) in [6.07, 6.45) is 0. The van der Waals surface area contributed by atoms with Crippen LogP contribution in [-0.4, -0.2) is 0 Å². The predicted molar refractivity (Wildman–Crippen MR) is 176 cm³/mol. The van der Waals surface area contributed by atoms with Crippen molar-refractivity contribution in [3.63, 3.8) is 0 Å². The fourth-order valence-corrected chi connectivity index (χ4v) is 9.38. The van der Waals surface area contributed by atoms with Crippen LogP contribution in [0.1, 0.15) is 0 Å². The molecule has 0 aromatic heterocycles. The Kier molecular flexibility index (Phi) is 16.8. The van der Waals surface area contributed by atoms with Gasteiger partial charge in [-0.1, -0.05) is 146 Å². The molecule has 0 aliphatic rings. The molecule has 0 heterocycles. The van der Waals surface area contributed by atoms with Gasteiger partial charge in [0.25, 0.3) is 0 Å². The summed E-state index contributed by atoms with van der Waals surface area (Å²) in [6, 6.07) is 64.8. The first-order valence-electron chi connectivity index (χ1n) is 13.1. The average Bonchev–Trinajstić information content (AvgIpc) is 3.06. The molecule has 0 aliphatic heterocycles.